The van der Waals surface area contributed by atoms with Crippen molar-refractivity contribution in [3.8, 4) is 10.4 Å². The quantitative estimate of drug-likeness (QED) is 0.304. The Morgan fingerprint density at radius 3 is 2.67 bits per heavy atom. The second-order valence-electron chi connectivity index (χ2n) is 10.8. The summed E-state index contributed by atoms with van der Waals surface area (Å²) >= 11 is 2.91. The molecule has 1 aromatic carbocycles. The molecule has 5 rings (SSSR count). The Bertz CT molecular complexity index is 1370. The zero-order valence-corrected chi connectivity index (χ0v) is 24.8. The van der Waals surface area contributed by atoms with E-state index in [9.17, 15) is 9.59 Å². The molecule has 0 spiro atoms. The van der Waals surface area contributed by atoms with Gasteiger partial charge in [0.05, 0.1) is 12.6 Å². The standard InChI is InChI=1S/C31H37N3O3S2/c1-5-20-14-22(10-11-26(20)33-30(35)27-17-38-18-32-27)28-15-24(29(39-28)31(36)37-4)23-12-13-34(3)16-25(23)21-8-6-19(2)7-9-21/h10-11,14-15,17-19,21H,5-9,12-13,16H2,1-4H3,(H,33,35). The average molecular weight is 564 g/mol. The lowest BCUT2D eigenvalue weighted by atomic mass is 9.75. The van der Waals surface area contributed by atoms with Gasteiger partial charge in [-0.05, 0) is 85.0 Å². The third kappa shape index (κ3) is 6.03. The lowest BCUT2D eigenvalue weighted by Crippen LogP contribution is -2.31. The number of thiazole rings is 1. The number of thiophene rings is 1. The number of likely N-dealkylation sites (N-methyl/N-ethyl adjacent to an activating group) is 1. The largest absolute Gasteiger partial charge is 0.465 e. The van der Waals surface area contributed by atoms with Crippen molar-refractivity contribution in [2.45, 2.75) is 52.4 Å². The number of anilines is 1. The van der Waals surface area contributed by atoms with Gasteiger partial charge in [-0.1, -0.05) is 32.8 Å². The number of benzene rings is 1. The number of rotatable bonds is 7. The molecule has 0 atom stereocenters. The summed E-state index contributed by atoms with van der Waals surface area (Å²) in [5.74, 6) is 0.906. The van der Waals surface area contributed by atoms with Crippen molar-refractivity contribution in [1.82, 2.24) is 9.88 Å². The zero-order valence-electron chi connectivity index (χ0n) is 23.2. The first kappa shape index (κ1) is 27.7. The Morgan fingerprint density at radius 1 is 1.18 bits per heavy atom. The first-order valence-corrected chi connectivity index (χ1v) is 15.6. The summed E-state index contributed by atoms with van der Waals surface area (Å²) in [6.07, 6.45) is 6.72. The van der Waals surface area contributed by atoms with Crippen LogP contribution in [0.5, 0.6) is 0 Å². The number of nitrogens with one attached hydrogen (secondary N) is 1. The smallest absolute Gasteiger partial charge is 0.348 e. The van der Waals surface area contributed by atoms with Gasteiger partial charge in [-0.3, -0.25) is 4.79 Å². The van der Waals surface area contributed by atoms with Gasteiger partial charge < -0.3 is 15.0 Å². The number of amides is 1. The molecule has 1 N–H and O–H groups in total. The number of esters is 1. The molecule has 0 bridgehead atoms. The van der Waals surface area contributed by atoms with Crippen molar-refractivity contribution in [2.75, 3.05) is 32.6 Å². The highest BCUT2D eigenvalue weighted by atomic mass is 32.1. The number of methoxy groups -OCH3 is 1. The van der Waals surface area contributed by atoms with Gasteiger partial charge in [-0.15, -0.1) is 22.7 Å². The van der Waals surface area contributed by atoms with Crippen molar-refractivity contribution < 1.29 is 14.3 Å². The molecule has 39 heavy (non-hydrogen) atoms. The van der Waals surface area contributed by atoms with Crippen LogP contribution < -0.4 is 5.32 Å². The van der Waals surface area contributed by atoms with E-state index in [4.69, 9.17) is 4.74 Å². The topological polar surface area (TPSA) is 71.5 Å². The molecular weight excluding hydrogens is 526 g/mol. The van der Waals surface area contributed by atoms with E-state index in [0.717, 1.165) is 59.1 Å². The van der Waals surface area contributed by atoms with Gasteiger partial charge in [0.2, 0.25) is 0 Å². The number of aromatic nitrogens is 1. The number of hydrogen-bond donors (Lipinski definition) is 1. The molecule has 6 nitrogen and oxygen atoms in total. The van der Waals surface area contributed by atoms with Crippen LogP contribution in [0.15, 0.2) is 40.7 Å². The third-order valence-electron chi connectivity index (χ3n) is 8.19. The van der Waals surface area contributed by atoms with E-state index in [-0.39, 0.29) is 11.9 Å². The molecule has 3 heterocycles. The van der Waals surface area contributed by atoms with E-state index in [1.165, 1.54) is 66.6 Å². The summed E-state index contributed by atoms with van der Waals surface area (Å²) < 4.78 is 5.26. The summed E-state index contributed by atoms with van der Waals surface area (Å²) in [7, 11) is 3.66. The summed E-state index contributed by atoms with van der Waals surface area (Å²) in [6, 6.07) is 8.31. The van der Waals surface area contributed by atoms with Crippen LogP contribution in [0.2, 0.25) is 0 Å². The van der Waals surface area contributed by atoms with Crippen molar-refractivity contribution in [3.05, 3.63) is 62.4 Å². The minimum atomic E-state index is -0.271. The number of nitrogens with zero attached hydrogens (tertiary/aromatic N) is 2. The molecule has 1 aliphatic carbocycles. The Kier molecular flexibility index (Phi) is 8.64. The second kappa shape index (κ2) is 12.1. The molecule has 2 aliphatic rings. The molecule has 1 saturated carbocycles. The van der Waals surface area contributed by atoms with Crippen LogP contribution >= 0.6 is 22.7 Å². The highest BCUT2D eigenvalue weighted by molar-refractivity contribution is 7.17. The molecule has 1 amide bonds. The SMILES string of the molecule is CCc1cc(-c2cc(C3=C(C4CCC(C)CC4)CN(C)CC3)c(C(=O)OC)s2)ccc1NC(=O)c1cscn1. The molecule has 0 radical (unpaired) electrons. The van der Waals surface area contributed by atoms with E-state index in [0.29, 0.717) is 16.5 Å². The fourth-order valence-corrected chi connectivity index (χ4v) is 7.53. The zero-order chi connectivity index (χ0) is 27.5. The Balaban J connectivity index is 1.52. The number of ether oxygens (including phenoxy) is 1. The Labute approximate surface area is 239 Å². The Hall–Kier alpha value is -2.81. The van der Waals surface area contributed by atoms with E-state index in [1.54, 1.807) is 10.9 Å². The van der Waals surface area contributed by atoms with Crippen molar-refractivity contribution in [2.24, 2.45) is 11.8 Å². The summed E-state index contributed by atoms with van der Waals surface area (Å²) in [5, 5.41) is 4.76. The summed E-state index contributed by atoms with van der Waals surface area (Å²) in [6.45, 7) is 6.39. The van der Waals surface area contributed by atoms with Crippen LogP contribution in [-0.2, 0) is 11.2 Å². The highest BCUT2D eigenvalue weighted by Gasteiger charge is 2.30. The molecule has 206 valence electrons. The van der Waals surface area contributed by atoms with Gasteiger partial charge in [0.15, 0.2) is 0 Å². The Morgan fingerprint density at radius 2 is 1.97 bits per heavy atom. The van der Waals surface area contributed by atoms with Gasteiger partial charge in [-0.2, -0.15) is 0 Å². The maximum Gasteiger partial charge on any atom is 0.348 e. The lowest BCUT2D eigenvalue weighted by Gasteiger charge is -2.35. The molecule has 3 aromatic rings. The molecule has 2 aromatic heterocycles. The van der Waals surface area contributed by atoms with Crippen LogP contribution in [0, 0.1) is 11.8 Å². The van der Waals surface area contributed by atoms with Crippen LogP contribution in [0.1, 0.15) is 77.2 Å². The third-order valence-corrected chi connectivity index (χ3v) is 9.94. The van der Waals surface area contributed by atoms with Crippen molar-refractivity contribution in [1.29, 1.82) is 0 Å². The van der Waals surface area contributed by atoms with E-state index >= 15 is 0 Å². The van der Waals surface area contributed by atoms with Crippen LogP contribution in [-0.4, -0.2) is 49.0 Å². The second-order valence-corrected chi connectivity index (χ2v) is 12.6. The number of aryl methyl sites for hydroxylation is 1. The monoisotopic (exact) mass is 563 g/mol. The molecule has 1 aliphatic heterocycles. The predicted octanol–water partition coefficient (Wildman–Crippen LogP) is 7.39. The summed E-state index contributed by atoms with van der Waals surface area (Å²) in [5.41, 5.74) is 8.86. The average Bonchev–Trinajstić information content (AvgIpc) is 3.64. The van der Waals surface area contributed by atoms with Crippen molar-refractivity contribution >= 4 is 45.8 Å². The number of carbonyl (C=O) groups excluding carboxylic acids is 2. The van der Waals surface area contributed by atoms with Crippen molar-refractivity contribution in [3.63, 3.8) is 0 Å². The molecular formula is C31H37N3O3S2. The maximum absolute atomic E-state index is 13.0. The van der Waals surface area contributed by atoms with Gasteiger partial charge in [0.25, 0.3) is 5.91 Å². The molecule has 8 heteroatoms. The normalized spacial score (nSPS) is 20.2. The van der Waals surface area contributed by atoms with Gasteiger partial charge in [0, 0.05) is 34.6 Å². The molecule has 0 saturated heterocycles. The van der Waals surface area contributed by atoms with E-state index in [1.807, 2.05) is 12.1 Å². The molecule has 1 fully saturated rings. The summed E-state index contributed by atoms with van der Waals surface area (Å²) in [4.78, 5) is 33.9. The van der Waals surface area contributed by atoms with E-state index in [2.05, 4.69) is 48.2 Å². The first-order valence-electron chi connectivity index (χ1n) is 13.8. The maximum atomic E-state index is 13.0. The van der Waals surface area contributed by atoms with Crippen LogP contribution in [0.25, 0.3) is 16.0 Å². The molecule has 0 unspecified atom stereocenters. The minimum Gasteiger partial charge on any atom is -0.465 e. The minimum absolute atomic E-state index is 0.205. The van der Waals surface area contributed by atoms with Gasteiger partial charge in [-0.25, -0.2) is 9.78 Å². The van der Waals surface area contributed by atoms with Crippen LogP contribution in [0.4, 0.5) is 5.69 Å². The first-order chi connectivity index (χ1) is 18.9. The fourth-order valence-electron chi connectivity index (χ4n) is 5.89. The van der Waals surface area contributed by atoms with Gasteiger partial charge >= 0.3 is 5.97 Å². The predicted molar refractivity (Wildman–Crippen MR) is 161 cm³/mol. The van der Waals surface area contributed by atoms with Crippen LogP contribution in [0.3, 0.4) is 0 Å². The number of hydrogen-bond acceptors (Lipinski definition) is 7. The van der Waals surface area contributed by atoms with Gasteiger partial charge in [0.1, 0.15) is 10.6 Å². The number of carbonyl (C=O) groups is 2. The fraction of sp³-hybridized carbons (Fsp3) is 0.452. The lowest BCUT2D eigenvalue weighted by molar-refractivity contribution is 0.0605. The van der Waals surface area contributed by atoms with E-state index < -0.39 is 0 Å². The highest BCUT2D eigenvalue weighted by Crippen LogP contribution is 2.44.